The highest BCUT2D eigenvalue weighted by Crippen LogP contribution is 2.13. The molecule has 1 aromatic heterocycles. The quantitative estimate of drug-likeness (QED) is 0.687. The van der Waals surface area contributed by atoms with Gasteiger partial charge in [0.25, 0.3) is 5.91 Å². The molecule has 0 saturated heterocycles. The minimum Gasteiger partial charge on any atom is -0.456 e. The van der Waals surface area contributed by atoms with Crippen molar-refractivity contribution in [1.29, 1.82) is 0 Å². The van der Waals surface area contributed by atoms with Crippen LogP contribution in [0.5, 0.6) is 0 Å². The Morgan fingerprint density at radius 2 is 1.85 bits per heavy atom. The largest absolute Gasteiger partial charge is 0.456 e. The van der Waals surface area contributed by atoms with E-state index in [0.717, 1.165) is 5.56 Å². The molecule has 0 atom stereocenters. The summed E-state index contributed by atoms with van der Waals surface area (Å²) in [6, 6.07) is 14.3. The molecule has 0 aliphatic carbocycles. The van der Waals surface area contributed by atoms with Crippen molar-refractivity contribution in [3.05, 3.63) is 64.6 Å². The average Bonchev–Trinajstić information content (AvgIpc) is 2.95. The normalized spacial score (nSPS) is 10.7. The fourth-order valence-electron chi connectivity index (χ4n) is 2.55. The Morgan fingerprint density at radius 3 is 2.65 bits per heavy atom. The van der Waals surface area contributed by atoms with Gasteiger partial charge in [-0.15, -0.1) is 0 Å². The topological polar surface area (TPSA) is 90.5 Å². The number of benzene rings is 2. The molecule has 2 aromatic carbocycles. The van der Waals surface area contributed by atoms with Crippen molar-refractivity contribution in [2.75, 3.05) is 11.9 Å². The first-order valence-electron chi connectivity index (χ1n) is 8.14. The molecule has 0 radical (unpaired) electrons. The zero-order valence-electron chi connectivity index (χ0n) is 14.2. The standard InChI is InChI=1S/C19H18N2O5/c1-13-6-2-3-7-14(13)20-17(22)12-25-18(23)10-11-21-15-8-4-5-9-16(15)26-19(21)24/h2-9H,10-12H2,1H3,(H,20,22). The number of para-hydroxylation sites is 3. The van der Waals surface area contributed by atoms with Crippen LogP contribution in [0.15, 0.2) is 57.7 Å². The molecule has 0 unspecified atom stereocenters. The molecular formula is C19H18N2O5. The number of anilines is 1. The van der Waals surface area contributed by atoms with Gasteiger partial charge in [-0.3, -0.25) is 14.2 Å². The molecule has 0 saturated carbocycles. The van der Waals surface area contributed by atoms with Crippen LogP contribution < -0.4 is 11.1 Å². The molecule has 0 aliphatic rings. The third-order valence-electron chi connectivity index (χ3n) is 3.90. The van der Waals surface area contributed by atoms with Crippen molar-refractivity contribution in [3.8, 4) is 0 Å². The van der Waals surface area contributed by atoms with Crippen LogP contribution >= 0.6 is 0 Å². The van der Waals surface area contributed by atoms with E-state index in [9.17, 15) is 14.4 Å². The van der Waals surface area contributed by atoms with Crippen LogP contribution in [0.4, 0.5) is 5.69 Å². The van der Waals surface area contributed by atoms with Crippen LogP contribution in [0.25, 0.3) is 11.1 Å². The summed E-state index contributed by atoms with van der Waals surface area (Å²) >= 11 is 0. The fourth-order valence-corrected chi connectivity index (χ4v) is 2.55. The van der Waals surface area contributed by atoms with Crippen LogP contribution in [0.1, 0.15) is 12.0 Å². The Bertz CT molecular complexity index is 1000. The predicted molar refractivity (Wildman–Crippen MR) is 95.9 cm³/mol. The van der Waals surface area contributed by atoms with Gasteiger partial charge in [-0.25, -0.2) is 4.79 Å². The van der Waals surface area contributed by atoms with Gasteiger partial charge < -0.3 is 14.5 Å². The number of hydrogen-bond donors (Lipinski definition) is 1. The number of fused-ring (bicyclic) bond motifs is 1. The predicted octanol–water partition coefficient (Wildman–Crippen LogP) is 2.47. The van der Waals surface area contributed by atoms with Gasteiger partial charge in [-0.05, 0) is 30.7 Å². The summed E-state index contributed by atoms with van der Waals surface area (Å²) in [5, 5.41) is 2.68. The van der Waals surface area contributed by atoms with E-state index in [4.69, 9.17) is 9.15 Å². The van der Waals surface area contributed by atoms with Gasteiger partial charge in [0.15, 0.2) is 12.2 Å². The highest BCUT2D eigenvalue weighted by Gasteiger charge is 2.12. The lowest BCUT2D eigenvalue weighted by Gasteiger charge is -2.08. The van der Waals surface area contributed by atoms with E-state index in [1.807, 2.05) is 25.1 Å². The summed E-state index contributed by atoms with van der Waals surface area (Å²) in [5.41, 5.74) is 2.66. The number of rotatable bonds is 6. The van der Waals surface area contributed by atoms with Crippen LogP contribution in [-0.2, 0) is 20.9 Å². The van der Waals surface area contributed by atoms with Crippen LogP contribution in [0.3, 0.4) is 0 Å². The molecule has 134 valence electrons. The lowest BCUT2D eigenvalue weighted by Crippen LogP contribution is -2.23. The van der Waals surface area contributed by atoms with Gasteiger partial charge in [0.05, 0.1) is 11.9 Å². The fraction of sp³-hybridized carbons (Fsp3) is 0.211. The van der Waals surface area contributed by atoms with Gasteiger partial charge in [0, 0.05) is 12.2 Å². The number of ether oxygens (including phenoxy) is 1. The maximum atomic E-state index is 11.9. The number of aryl methyl sites for hydroxylation is 2. The van der Waals surface area contributed by atoms with Gasteiger partial charge in [-0.1, -0.05) is 30.3 Å². The molecule has 1 heterocycles. The number of carbonyl (C=O) groups is 2. The van der Waals surface area contributed by atoms with Crippen molar-refractivity contribution in [2.45, 2.75) is 19.9 Å². The number of nitrogens with zero attached hydrogens (tertiary/aromatic N) is 1. The number of oxazole rings is 1. The van der Waals surface area contributed by atoms with Crippen molar-refractivity contribution in [3.63, 3.8) is 0 Å². The monoisotopic (exact) mass is 354 g/mol. The molecule has 7 nitrogen and oxygen atoms in total. The molecule has 3 rings (SSSR count). The smallest absolute Gasteiger partial charge is 0.419 e. The number of hydrogen-bond acceptors (Lipinski definition) is 5. The zero-order chi connectivity index (χ0) is 18.5. The average molecular weight is 354 g/mol. The first kappa shape index (κ1) is 17.5. The van der Waals surface area contributed by atoms with E-state index in [2.05, 4.69) is 5.32 Å². The molecule has 1 N–H and O–H groups in total. The number of nitrogens with one attached hydrogen (secondary N) is 1. The molecule has 3 aromatic rings. The minimum absolute atomic E-state index is 0.0406. The van der Waals surface area contributed by atoms with E-state index >= 15 is 0 Å². The van der Waals surface area contributed by atoms with Gasteiger partial charge in [0.2, 0.25) is 0 Å². The van der Waals surface area contributed by atoms with E-state index in [1.54, 1.807) is 30.3 Å². The molecule has 0 fully saturated rings. The summed E-state index contributed by atoms with van der Waals surface area (Å²) in [6.45, 7) is 1.61. The summed E-state index contributed by atoms with van der Waals surface area (Å²) in [7, 11) is 0. The first-order chi connectivity index (χ1) is 12.5. The molecule has 0 spiro atoms. The molecule has 7 heteroatoms. The summed E-state index contributed by atoms with van der Waals surface area (Å²) in [6.07, 6.45) is -0.0406. The van der Waals surface area contributed by atoms with Crippen molar-refractivity contribution in [2.24, 2.45) is 0 Å². The van der Waals surface area contributed by atoms with E-state index < -0.39 is 17.6 Å². The summed E-state index contributed by atoms with van der Waals surface area (Å²) < 4.78 is 11.4. The van der Waals surface area contributed by atoms with Gasteiger partial charge >= 0.3 is 11.7 Å². The second kappa shape index (κ2) is 7.69. The second-order valence-electron chi connectivity index (χ2n) is 5.76. The summed E-state index contributed by atoms with van der Waals surface area (Å²) in [5.74, 6) is -1.52. The Morgan fingerprint density at radius 1 is 1.12 bits per heavy atom. The van der Waals surface area contributed by atoms with Crippen LogP contribution in [0.2, 0.25) is 0 Å². The highest BCUT2D eigenvalue weighted by molar-refractivity contribution is 5.93. The molecular weight excluding hydrogens is 336 g/mol. The minimum atomic E-state index is -0.567. The third kappa shape index (κ3) is 4.00. The first-order valence-corrected chi connectivity index (χ1v) is 8.14. The van der Waals surface area contributed by atoms with E-state index in [1.165, 1.54) is 4.57 Å². The van der Waals surface area contributed by atoms with Crippen LogP contribution in [0, 0.1) is 6.92 Å². The number of aromatic nitrogens is 1. The molecule has 26 heavy (non-hydrogen) atoms. The van der Waals surface area contributed by atoms with Crippen LogP contribution in [-0.4, -0.2) is 23.1 Å². The van der Waals surface area contributed by atoms with Gasteiger partial charge in [-0.2, -0.15) is 0 Å². The Kier molecular flexibility index (Phi) is 5.17. The number of carbonyl (C=O) groups excluding carboxylic acids is 2. The lowest BCUT2D eigenvalue weighted by atomic mass is 10.2. The summed E-state index contributed by atoms with van der Waals surface area (Å²) in [4.78, 5) is 35.6. The Labute approximate surface area is 149 Å². The molecule has 0 aliphatic heterocycles. The lowest BCUT2D eigenvalue weighted by molar-refractivity contribution is -0.147. The number of esters is 1. The number of amides is 1. The van der Waals surface area contributed by atoms with Crippen molar-refractivity contribution in [1.82, 2.24) is 4.57 Å². The van der Waals surface area contributed by atoms with E-state index in [-0.39, 0.29) is 19.6 Å². The SMILES string of the molecule is Cc1ccccc1NC(=O)COC(=O)CCn1c(=O)oc2ccccc21. The van der Waals surface area contributed by atoms with Gasteiger partial charge in [0.1, 0.15) is 0 Å². The second-order valence-corrected chi connectivity index (χ2v) is 5.76. The Hall–Kier alpha value is -3.35. The Balaban J connectivity index is 1.51. The maximum Gasteiger partial charge on any atom is 0.419 e. The highest BCUT2D eigenvalue weighted by atomic mass is 16.5. The molecule has 0 bridgehead atoms. The van der Waals surface area contributed by atoms with Crippen molar-refractivity contribution < 1.29 is 18.7 Å². The maximum absolute atomic E-state index is 11.9. The van der Waals surface area contributed by atoms with Crippen molar-refractivity contribution >= 4 is 28.7 Å². The zero-order valence-corrected chi connectivity index (χ0v) is 14.2. The molecule has 1 amide bonds. The third-order valence-corrected chi connectivity index (χ3v) is 3.90. The van der Waals surface area contributed by atoms with E-state index in [0.29, 0.717) is 16.8 Å².